The number of nitrogen functional groups attached to an aromatic ring is 1. The maximum atomic E-state index is 13.1. The lowest BCUT2D eigenvalue weighted by Crippen LogP contribution is -1.94. The summed E-state index contributed by atoms with van der Waals surface area (Å²) in [5.41, 5.74) is 6.94. The molecule has 0 amide bonds. The zero-order valence-corrected chi connectivity index (χ0v) is 9.96. The maximum absolute atomic E-state index is 13.1. The molecule has 4 heteroatoms. The van der Waals surface area contributed by atoms with Gasteiger partial charge in [-0.2, -0.15) is 0 Å². The molecule has 0 bridgehead atoms. The summed E-state index contributed by atoms with van der Waals surface area (Å²) in [6.45, 7) is 1.83. The van der Waals surface area contributed by atoms with E-state index in [-0.39, 0.29) is 5.82 Å². The standard InChI is InChI=1S/C13H11ClFNO/c1-8-5-6-9(15)7-12(8)17-11-4-2-3-10(14)13(11)16/h2-7H,16H2,1H3. The van der Waals surface area contributed by atoms with E-state index in [9.17, 15) is 4.39 Å². The number of ether oxygens (including phenoxy) is 1. The van der Waals surface area contributed by atoms with Crippen molar-refractivity contribution in [2.45, 2.75) is 6.92 Å². The van der Waals surface area contributed by atoms with Crippen molar-refractivity contribution in [2.24, 2.45) is 0 Å². The van der Waals surface area contributed by atoms with Gasteiger partial charge in [0.15, 0.2) is 5.75 Å². The Morgan fingerprint density at radius 1 is 1.18 bits per heavy atom. The number of aryl methyl sites for hydroxylation is 1. The third-order valence-corrected chi connectivity index (χ3v) is 2.71. The first-order chi connectivity index (χ1) is 8.08. The summed E-state index contributed by atoms with van der Waals surface area (Å²) in [7, 11) is 0. The number of rotatable bonds is 2. The highest BCUT2D eigenvalue weighted by Crippen LogP contribution is 2.33. The number of benzene rings is 2. The van der Waals surface area contributed by atoms with Gasteiger partial charge in [0.05, 0.1) is 10.7 Å². The largest absolute Gasteiger partial charge is 0.455 e. The fourth-order valence-electron chi connectivity index (χ4n) is 1.41. The molecule has 0 unspecified atom stereocenters. The van der Waals surface area contributed by atoms with E-state index in [2.05, 4.69) is 0 Å². The number of nitrogens with two attached hydrogens (primary N) is 1. The number of hydrogen-bond donors (Lipinski definition) is 1. The minimum absolute atomic E-state index is 0.345. The smallest absolute Gasteiger partial charge is 0.151 e. The molecule has 0 aliphatic carbocycles. The molecule has 2 aromatic rings. The molecule has 0 aliphatic heterocycles. The molecule has 0 radical (unpaired) electrons. The van der Waals surface area contributed by atoms with Crippen LogP contribution in [0.25, 0.3) is 0 Å². The third-order valence-electron chi connectivity index (χ3n) is 2.38. The highest BCUT2D eigenvalue weighted by Gasteiger charge is 2.08. The zero-order chi connectivity index (χ0) is 12.4. The summed E-state index contributed by atoms with van der Waals surface area (Å²) in [5.74, 6) is 0.497. The molecule has 0 saturated carbocycles. The summed E-state index contributed by atoms with van der Waals surface area (Å²) >= 11 is 5.87. The van der Waals surface area contributed by atoms with E-state index in [0.717, 1.165) is 5.56 Å². The van der Waals surface area contributed by atoms with Crippen molar-refractivity contribution in [3.05, 3.63) is 52.8 Å². The van der Waals surface area contributed by atoms with Crippen molar-refractivity contribution in [3.63, 3.8) is 0 Å². The van der Waals surface area contributed by atoms with Gasteiger partial charge in [0.2, 0.25) is 0 Å². The van der Waals surface area contributed by atoms with Crippen LogP contribution in [0.3, 0.4) is 0 Å². The average Bonchev–Trinajstić information content (AvgIpc) is 2.30. The molecule has 0 aliphatic rings. The van der Waals surface area contributed by atoms with Crippen LogP contribution in [0.5, 0.6) is 11.5 Å². The van der Waals surface area contributed by atoms with Crippen molar-refractivity contribution in [3.8, 4) is 11.5 Å². The Morgan fingerprint density at radius 3 is 2.71 bits per heavy atom. The van der Waals surface area contributed by atoms with Gasteiger partial charge in [-0.1, -0.05) is 23.7 Å². The molecule has 2 aromatic carbocycles. The molecule has 17 heavy (non-hydrogen) atoms. The van der Waals surface area contributed by atoms with Gasteiger partial charge in [-0.25, -0.2) is 4.39 Å². The fraction of sp³-hybridized carbons (Fsp3) is 0.0769. The van der Waals surface area contributed by atoms with Crippen LogP contribution in [0.2, 0.25) is 5.02 Å². The van der Waals surface area contributed by atoms with E-state index in [1.807, 2.05) is 6.92 Å². The molecule has 2 N–H and O–H groups in total. The number of para-hydroxylation sites is 1. The van der Waals surface area contributed by atoms with Crippen LogP contribution in [0.15, 0.2) is 36.4 Å². The van der Waals surface area contributed by atoms with Crippen molar-refractivity contribution in [1.29, 1.82) is 0 Å². The Bertz CT molecular complexity index is 557. The van der Waals surface area contributed by atoms with E-state index >= 15 is 0 Å². The minimum atomic E-state index is -0.355. The topological polar surface area (TPSA) is 35.2 Å². The second kappa shape index (κ2) is 4.63. The van der Waals surface area contributed by atoms with E-state index in [0.29, 0.717) is 22.2 Å². The van der Waals surface area contributed by atoms with Crippen LogP contribution in [0.4, 0.5) is 10.1 Å². The highest BCUT2D eigenvalue weighted by molar-refractivity contribution is 6.33. The van der Waals surface area contributed by atoms with Crippen molar-refractivity contribution < 1.29 is 9.13 Å². The van der Waals surface area contributed by atoms with Gasteiger partial charge in [-0.15, -0.1) is 0 Å². The fourth-order valence-corrected chi connectivity index (χ4v) is 1.57. The lowest BCUT2D eigenvalue weighted by molar-refractivity contribution is 0.475. The first-order valence-corrected chi connectivity index (χ1v) is 5.43. The van der Waals surface area contributed by atoms with Crippen molar-refractivity contribution >= 4 is 17.3 Å². The quantitative estimate of drug-likeness (QED) is 0.814. The van der Waals surface area contributed by atoms with Crippen LogP contribution in [-0.4, -0.2) is 0 Å². The van der Waals surface area contributed by atoms with E-state index < -0.39 is 0 Å². The molecule has 0 heterocycles. The van der Waals surface area contributed by atoms with Gasteiger partial charge in [0.25, 0.3) is 0 Å². The van der Waals surface area contributed by atoms with Gasteiger partial charge < -0.3 is 10.5 Å². The lowest BCUT2D eigenvalue weighted by atomic mass is 10.2. The lowest BCUT2D eigenvalue weighted by Gasteiger charge is -2.11. The molecule has 0 fully saturated rings. The van der Waals surface area contributed by atoms with Crippen LogP contribution in [0.1, 0.15) is 5.56 Å². The highest BCUT2D eigenvalue weighted by atomic mass is 35.5. The molecular weight excluding hydrogens is 241 g/mol. The second-order valence-electron chi connectivity index (χ2n) is 3.66. The molecule has 2 rings (SSSR count). The number of hydrogen-bond acceptors (Lipinski definition) is 2. The van der Waals surface area contributed by atoms with Gasteiger partial charge in [0.1, 0.15) is 11.6 Å². The maximum Gasteiger partial charge on any atom is 0.151 e. The number of anilines is 1. The van der Waals surface area contributed by atoms with Crippen LogP contribution >= 0.6 is 11.6 Å². The Balaban J connectivity index is 2.38. The molecule has 0 atom stereocenters. The molecule has 0 saturated heterocycles. The Labute approximate surface area is 104 Å². The second-order valence-corrected chi connectivity index (χ2v) is 4.07. The van der Waals surface area contributed by atoms with Crippen molar-refractivity contribution in [1.82, 2.24) is 0 Å². The predicted octanol–water partition coefficient (Wildman–Crippen LogP) is 4.16. The first-order valence-electron chi connectivity index (χ1n) is 5.06. The molecule has 0 spiro atoms. The first kappa shape index (κ1) is 11.7. The molecule has 0 aromatic heterocycles. The van der Waals surface area contributed by atoms with Crippen molar-refractivity contribution in [2.75, 3.05) is 5.73 Å². The summed E-state index contributed by atoms with van der Waals surface area (Å²) in [4.78, 5) is 0. The van der Waals surface area contributed by atoms with Gasteiger partial charge in [0, 0.05) is 6.07 Å². The summed E-state index contributed by atoms with van der Waals surface area (Å²) < 4.78 is 18.6. The predicted molar refractivity (Wildman–Crippen MR) is 67.1 cm³/mol. The summed E-state index contributed by atoms with van der Waals surface area (Å²) in [6, 6.07) is 9.42. The minimum Gasteiger partial charge on any atom is -0.455 e. The Kier molecular flexibility index (Phi) is 3.20. The van der Waals surface area contributed by atoms with E-state index in [1.165, 1.54) is 12.1 Å². The molecule has 88 valence electrons. The Hall–Kier alpha value is -1.74. The average molecular weight is 252 g/mol. The molecular formula is C13H11ClFNO. The molecule has 2 nitrogen and oxygen atoms in total. The third kappa shape index (κ3) is 2.50. The monoisotopic (exact) mass is 251 g/mol. The van der Waals surface area contributed by atoms with Crippen LogP contribution < -0.4 is 10.5 Å². The Morgan fingerprint density at radius 2 is 1.94 bits per heavy atom. The summed E-state index contributed by atoms with van der Waals surface area (Å²) in [5, 5.41) is 0.413. The van der Waals surface area contributed by atoms with Crippen LogP contribution in [0, 0.1) is 12.7 Å². The number of halogens is 2. The van der Waals surface area contributed by atoms with Crippen LogP contribution in [-0.2, 0) is 0 Å². The van der Waals surface area contributed by atoms with E-state index in [4.69, 9.17) is 22.1 Å². The van der Waals surface area contributed by atoms with E-state index in [1.54, 1.807) is 24.3 Å². The summed E-state index contributed by atoms with van der Waals surface area (Å²) in [6.07, 6.45) is 0. The van der Waals surface area contributed by atoms with Gasteiger partial charge >= 0.3 is 0 Å². The van der Waals surface area contributed by atoms with Gasteiger partial charge in [-0.3, -0.25) is 0 Å². The zero-order valence-electron chi connectivity index (χ0n) is 9.21. The van der Waals surface area contributed by atoms with Gasteiger partial charge in [-0.05, 0) is 30.7 Å². The SMILES string of the molecule is Cc1ccc(F)cc1Oc1cccc(Cl)c1N. The normalized spacial score (nSPS) is 10.3.